The first kappa shape index (κ1) is 26.8. The van der Waals surface area contributed by atoms with Crippen LogP contribution < -0.4 is 0 Å². The quantitative estimate of drug-likeness (QED) is 0.181. The van der Waals surface area contributed by atoms with Crippen LogP contribution in [0.4, 0.5) is 0 Å². The van der Waals surface area contributed by atoms with Crippen molar-refractivity contribution in [1.29, 1.82) is 0 Å². The first-order valence-corrected chi connectivity index (χ1v) is 17.3. The molecular formula is C45H25N3S. The molecule has 0 N–H and O–H groups in total. The van der Waals surface area contributed by atoms with Crippen molar-refractivity contribution >= 4 is 63.8 Å². The van der Waals surface area contributed by atoms with E-state index in [0.29, 0.717) is 17.5 Å². The summed E-state index contributed by atoms with van der Waals surface area (Å²) in [5.41, 5.74) is 8.08. The zero-order valence-corrected chi connectivity index (χ0v) is 27.0. The van der Waals surface area contributed by atoms with Crippen molar-refractivity contribution in [3.8, 4) is 56.4 Å². The van der Waals surface area contributed by atoms with Crippen LogP contribution in [0, 0.1) is 0 Å². The maximum absolute atomic E-state index is 5.31. The van der Waals surface area contributed by atoms with Gasteiger partial charge in [0.25, 0.3) is 0 Å². The summed E-state index contributed by atoms with van der Waals surface area (Å²) in [4.78, 5) is 15.7. The molecule has 0 saturated heterocycles. The molecule has 3 nitrogen and oxygen atoms in total. The number of benzene rings is 8. The molecule has 49 heavy (non-hydrogen) atoms. The first-order chi connectivity index (χ1) is 24.3. The highest BCUT2D eigenvalue weighted by Crippen LogP contribution is 2.55. The molecule has 11 rings (SSSR count). The number of thiophene rings is 1. The molecule has 0 saturated carbocycles. The van der Waals surface area contributed by atoms with E-state index < -0.39 is 0 Å². The van der Waals surface area contributed by atoms with Gasteiger partial charge in [-0.2, -0.15) is 0 Å². The van der Waals surface area contributed by atoms with Crippen molar-refractivity contribution < 1.29 is 0 Å². The topological polar surface area (TPSA) is 38.7 Å². The van der Waals surface area contributed by atoms with Crippen LogP contribution in [0.25, 0.3) is 109 Å². The predicted molar refractivity (Wildman–Crippen MR) is 206 cm³/mol. The monoisotopic (exact) mass is 639 g/mol. The van der Waals surface area contributed by atoms with E-state index in [0.717, 1.165) is 22.1 Å². The summed E-state index contributed by atoms with van der Waals surface area (Å²) in [5, 5.41) is 9.87. The van der Waals surface area contributed by atoms with Gasteiger partial charge in [-0.1, -0.05) is 133 Å². The van der Waals surface area contributed by atoms with Gasteiger partial charge in [-0.05, 0) is 67.2 Å². The Hall–Kier alpha value is -6.23. The molecule has 1 aliphatic carbocycles. The van der Waals surface area contributed by atoms with Gasteiger partial charge < -0.3 is 0 Å². The van der Waals surface area contributed by atoms with Gasteiger partial charge in [0.2, 0.25) is 0 Å². The predicted octanol–water partition coefficient (Wildman–Crippen LogP) is 12.3. The minimum absolute atomic E-state index is 0.664. The summed E-state index contributed by atoms with van der Waals surface area (Å²) in [6.07, 6.45) is 0. The molecule has 0 aliphatic heterocycles. The molecule has 2 heterocycles. The van der Waals surface area contributed by atoms with Crippen molar-refractivity contribution in [2.75, 3.05) is 0 Å². The fraction of sp³-hybridized carbons (Fsp3) is 0. The van der Waals surface area contributed by atoms with Crippen LogP contribution in [0.3, 0.4) is 0 Å². The minimum Gasteiger partial charge on any atom is -0.208 e. The summed E-state index contributed by atoms with van der Waals surface area (Å²) in [6.45, 7) is 0. The number of hydrogen-bond donors (Lipinski definition) is 0. The summed E-state index contributed by atoms with van der Waals surface area (Å²) in [7, 11) is 0. The number of fused-ring (bicyclic) bond motifs is 10. The molecule has 4 heteroatoms. The van der Waals surface area contributed by atoms with Crippen LogP contribution >= 0.6 is 11.3 Å². The normalized spacial score (nSPS) is 12.1. The minimum atomic E-state index is 0.664. The second kappa shape index (κ2) is 10.1. The molecule has 10 aromatic rings. The van der Waals surface area contributed by atoms with Gasteiger partial charge in [0.15, 0.2) is 17.5 Å². The van der Waals surface area contributed by atoms with Crippen LogP contribution in [0.1, 0.15) is 0 Å². The lowest BCUT2D eigenvalue weighted by molar-refractivity contribution is 1.08. The number of nitrogens with zero attached hydrogens (tertiary/aromatic N) is 3. The first-order valence-electron chi connectivity index (χ1n) is 16.5. The number of rotatable bonds is 3. The Morgan fingerprint density at radius 3 is 1.92 bits per heavy atom. The third kappa shape index (κ3) is 3.92. The van der Waals surface area contributed by atoms with Crippen LogP contribution in [0.15, 0.2) is 152 Å². The van der Waals surface area contributed by atoms with Gasteiger partial charge >= 0.3 is 0 Å². The highest BCUT2D eigenvalue weighted by Gasteiger charge is 2.28. The molecule has 0 fully saturated rings. The Morgan fingerprint density at radius 1 is 0.367 bits per heavy atom. The molecule has 8 aromatic carbocycles. The highest BCUT2D eigenvalue weighted by molar-refractivity contribution is 7.26. The highest BCUT2D eigenvalue weighted by atomic mass is 32.1. The van der Waals surface area contributed by atoms with E-state index in [1.807, 2.05) is 29.5 Å². The van der Waals surface area contributed by atoms with Gasteiger partial charge in [-0.25, -0.2) is 15.0 Å². The van der Waals surface area contributed by atoms with Crippen LogP contribution in [0.2, 0.25) is 0 Å². The van der Waals surface area contributed by atoms with Gasteiger partial charge in [0.05, 0.1) is 0 Å². The lowest BCUT2D eigenvalue weighted by Gasteiger charge is -2.13. The third-order valence-electron chi connectivity index (χ3n) is 10.0. The Morgan fingerprint density at radius 2 is 1.04 bits per heavy atom. The Labute approximate surface area is 285 Å². The summed E-state index contributed by atoms with van der Waals surface area (Å²) in [6, 6.07) is 54.1. The molecule has 0 amide bonds. The van der Waals surface area contributed by atoms with E-state index in [-0.39, 0.29) is 0 Å². The van der Waals surface area contributed by atoms with Crippen LogP contribution in [-0.4, -0.2) is 15.0 Å². The average Bonchev–Trinajstić information content (AvgIpc) is 3.72. The van der Waals surface area contributed by atoms with E-state index in [1.54, 1.807) is 0 Å². The maximum Gasteiger partial charge on any atom is 0.164 e. The molecule has 2 aromatic heterocycles. The zero-order chi connectivity index (χ0) is 32.1. The van der Waals surface area contributed by atoms with Crippen molar-refractivity contribution in [2.24, 2.45) is 0 Å². The van der Waals surface area contributed by atoms with Crippen molar-refractivity contribution in [3.05, 3.63) is 152 Å². The zero-order valence-electron chi connectivity index (χ0n) is 26.2. The molecule has 0 unspecified atom stereocenters. The van der Waals surface area contributed by atoms with Crippen LogP contribution in [0.5, 0.6) is 0 Å². The molecule has 226 valence electrons. The molecule has 0 bridgehead atoms. The Kier molecular flexibility index (Phi) is 5.54. The van der Waals surface area contributed by atoms with E-state index in [2.05, 4.69) is 133 Å². The maximum atomic E-state index is 5.31. The molecule has 1 aliphatic rings. The van der Waals surface area contributed by atoms with Crippen molar-refractivity contribution in [2.45, 2.75) is 0 Å². The second-order valence-corrected chi connectivity index (χ2v) is 13.8. The molecule has 0 spiro atoms. The van der Waals surface area contributed by atoms with E-state index >= 15 is 0 Å². The fourth-order valence-electron chi connectivity index (χ4n) is 7.82. The van der Waals surface area contributed by atoms with Gasteiger partial charge in [0, 0.05) is 42.4 Å². The van der Waals surface area contributed by atoms with E-state index in [4.69, 9.17) is 15.0 Å². The summed E-state index contributed by atoms with van der Waals surface area (Å²) < 4.78 is 2.54. The lowest BCUT2D eigenvalue weighted by atomic mass is 9.96. The largest absolute Gasteiger partial charge is 0.208 e. The Balaban J connectivity index is 1.22. The van der Waals surface area contributed by atoms with Crippen molar-refractivity contribution in [1.82, 2.24) is 15.0 Å². The molecule has 0 atom stereocenters. The van der Waals surface area contributed by atoms with Crippen LogP contribution in [-0.2, 0) is 0 Å². The third-order valence-corrected chi connectivity index (χ3v) is 11.2. The Bertz CT molecular complexity index is 2990. The van der Waals surface area contributed by atoms with Gasteiger partial charge in [0.1, 0.15) is 0 Å². The van der Waals surface area contributed by atoms with Gasteiger partial charge in [-0.15, -0.1) is 11.3 Å². The number of hydrogen-bond acceptors (Lipinski definition) is 4. The van der Waals surface area contributed by atoms with E-state index in [9.17, 15) is 0 Å². The summed E-state index contributed by atoms with van der Waals surface area (Å²) in [5.74, 6) is 2.01. The average molecular weight is 640 g/mol. The standard InChI is InChI=1S/C45H25N3S/c1-2-11-28(12-3-1)43-46-44(30-22-23-32-29(24-30)21-20-26-10-4-5-15-31(26)32)48-45(47-43)37-25-36-33-17-8-13-27-14-9-18-35(39(27)33)41(36)42-40(37)34-16-6-7-19-38(34)49-42/h1-25H. The molecular weight excluding hydrogens is 615 g/mol. The van der Waals surface area contributed by atoms with Gasteiger partial charge in [-0.3, -0.25) is 0 Å². The van der Waals surface area contributed by atoms with Crippen molar-refractivity contribution in [3.63, 3.8) is 0 Å². The summed E-state index contributed by atoms with van der Waals surface area (Å²) >= 11 is 1.86. The smallest absolute Gasteiger partial charge is 0.164 e. The number of aromatic nitrogens is 3. The SMILES string of the molecule is c1ccc(-c2nc(-c3ccc4c(ccc5ccccc54)c3)nc(-c3cc4c(c5sc6ccccc6c35)-c3cccc5cccc-4c35)n2)cc1. The fourth-order valence-corrected chi connectivity index (χ4v) is 9.11. The molecule has 0 radical (unpaired) electrons. The van der Waals surface area contributed by atoms with E-state index in [1.165, 1.54) is 69.4 Å². The lowest BCUT2D eigenvalue weighted by Crippen LogP contribution is -2.01. The second-order valence-electron chi connectivity index (χ2n) is 12.8.